The van der Waals surface area contributed by atoms with Gasteiger partial charge in [0.1, 0.15) is 5.75 Å². The highest BCUT2D eigenvalue weighted by atomic mass is 16.5. The van der Waals surface area contributed by atoms with E-state index in [1.807, 2.05) is 54.6 Å². The lowest BCUT2D eigenvalue weighted by Crippen LogP contribution is -2.19. The van der Waals surface area contributed by atoms with Crippen LogP contribution in [0.4, 0.5) is 16.2 Å². The lowest BCUT2D eigenvalue weighted by molar-refractivity contribution is 0.262. The number of benzene rings is 2. The van der Waals surface area contributed by atoms with Crippen LogP contribution in [0.1, 0.15) is 20.3 Å². The van der Waals surface area contributed by atoms with Crippen LogP contribution in [-0.2, 0) is 0 Å². The lowest BCUT2D eigenvalue weighted by Gasteiger charge is -2.11. The van der Waals surface area contributed by atoms with Crippen LogP contribution < -0.4 is 15.4 Å². The minimum Gasteiger partial charge on any atom is -0.494 e. The van der Waals surface area contributed by atoms with Crippen LogP contribution in [0.25, 0.3) is 0 Å². The molecule has 4 heteroatoms. The number of urea groups is 1. The number of ether oxygens (including phenoxy) is 1. The number of hydrogen-bond donors (Lipinski definition) is 2. The topological polar surface area (TPSA) is 50.4 Å². The molecule has 0 bridgehead atoms. The standard InChI is InChI=1S/C18H22N2O2/c1-14(2)11-12-22-17-10-6-9-16(13-17)20-18(21)19-15-7-4-3-5-8-15/h3-10,13-14H,11-12H2,1-2H3,(H2,19,20,21). The molecule has 116 valence electrons. The molecule has 0 spiro atoms. The van der Waals surface area contributed by atoms with Gasteiger partial charge in [0.2, 0.25) is 0 Å². The Hall–Kier alpha value is -2.49. The molecule has 0 atom stereocenters. The predicted molar refractivity (Wildman–Crippen MR) is 90.5 cm³/mol. The average Bonchev–Trinajstić information content (AvgIpc) is 2.48. The Morgan fingerprint density at radius 3 is 2.41 bits per heavy atom. The zero-order valence-electron chi connectivity index (χ0n) is 13.0. The van der Waals surface area contributed by atoms with Gasteiger partial charge in [0.15, 0.2) is 0 Å². The number of anilines is 2. The maximum absolute atomic E-state index is 11.9. The summed E-state index contributed by atoms with van der Waals surface area (Å²) >= 11 is 0. The summed E-state index contributed by atoms with van der Waals surface area (Å²) < 4.78 is 5.69. The molecule has 0 aliphatic rings. The molecule has 0 unspecified atom stereocenters. The van der Waals surface area contributed by atoms with Crippen molar-refractivity contribution in [3.63, 3.8) is 0 Å². The summed E-state index contributed by atoms with van der Waals surface area (Å²) in [6.45, 7) is 5.00. The molecule has 2 aromatic rings. The largest absolute Gasteiger partial charge is 0.494 e. The third-order valence-corrected chi connectivity index (χ3v) is 3.09. The van der Waals surface area contributed by atoms with Gasteiger partial charge in [-0.25, -0.2) is 4.79 Å². The van der Waals surface area contributed by atoms with Crippen LogP contribution in [0, 0.1) is 5.92 Å². The van der Waals surface area contributed by atoms with Crippen molar-refractivity contribution in [2.24, 2.45) is 5.92 Å². The molecular formula is C18H22N2O2. The minimum absolute atomic E-state index is 0.273. The van der Waals surface area contributed by atoms with Crippen molar-refractivity contribution < 1.29 is 9.53 Å². The fourth-order valence-corrected chi connectivity index (χ4v) is 1.89. The number of carbonyl (C=O) groups excluding carboxylic acids is 1. The first-order valence-corrected chi connectivity index (χ1v) is 7.49. The number of nitrogens with one attached hydrogen (secondary N) is 2. The van der Waals surface area contributed by atoms with Crippen molar-refractivity contribution in [1.82, 2.24) is 0 Å². The minimum atomic E-state index is -0.273. The summed E-state index contributed by atoms with van der Waals surface area (Å²) in [5, 5.41) is 5.58. The van der Waals surface area contributed by atoms with E-state index >= 15 is 0 Å². The molecular weight excluding hydrogens is 276 g/mol. The second-order valence-corrected chi connectivity index (χ2v) is 5.50. The van der Waals surface area contributed by atoms with E-state index in [1.54, 1.807) is 0 Å². The molecule has 0 saturated carbocycles. The molecule has 0 fully saturated rings. The zero-order valence-corrected chi connectivity index (χ0v) is 13.0. The van der Waals surface area contributed by atoms with Crippen LogP contribution in [0.5, 0.6) is 5.75 Å². The first-order chi connectivity index (χ1) is 10.6. The summed E-state index contributed by atoms with van der Waals surface area (Å²) in [6, 6.07) is 16.5. The van der Waals surface area contributed by atoms with Gasteiger partial charge >= 0.3 is 6.03 Å². The molecule has 2 N–H and O–H groups in total. The highest BCUT2D eigenvalue weighted by Crippen LogP contribution is 2.18. The number of hydrogen-bond acceptors (Lipinski definition) is 2. The summed E-state index contributed by atoms with van der Waals surface area (Å²) in [6.07, 6.45) is 1.01. The smallest absolute Gasteiger partial charge is 0.323 e. The maximum Gasteiger partial charge on any atom is 0.323 e. The van der Waals surface area contributed by atoms with Gasteiger partial charge in [0.05, 0.1) is 6.61 Å². The van der Waals surface area contributed by atoms with E-state index in [4.69, 9.17) is 4.74 Å². The number of rotatable bonds is 6. The molecule has 2 amide bonds. The normalized spacial score (nSPS) is 10.3. The first kappa shape index (κ1) is 15.9. The third kappa shape index (κ3) is 5.48. The molecule has 0 aliphatic heterocycles. The van der Waals surface area contributed by atoms with Crippen molar-refractivity contribution in [2.75, 3.05) is 17.2 Å². The highest BCUT2D eigenvalue weighted by molar-refractivity contribution is 5.99. The molecule has 2 aromatic carbocycles. The first-order valence-electron chi connectivity index (χ1n) is 7.49. The molecule has 2 rings (SSSR count). The molecule has 0 heterocycles. The van der Waals surface area contributed by atoms with E-state index in [0.29, 0.717) is 18.2 Å². The Bertz CT molecular complexity index is 597. The van der Waals surface area contributed by atoms with E-state index in [-0.39, 0.29) is 6.03 Å². The third-order valence-electron chi connectivity index (χ3n) is 3.09. The Labute approximate surface area is 131 Å². The SMILES string of the molecule is CC(C)CCOc1cccc(NC(=O)Nc2ccccc2)c1. The Morgan fingerprint density at radius 2 is 1.68 bits per heavy atom. The van der Waals surface area contributed by atoms with Gasteiger partial charge in [-0.3, -0.25) is 0 Å². The van der Waals surface area contributed by atoms with Crippen LogP contribution >= 0.6 is 0 Å². The average molecular weight is 298 g/mol. The summed E-state index contributed by atoms with van der Waals surface area (Å²) in [7, 11) is 0. The molecule has 0 saturated heterocycles. The summed E-state index contributed by atoms with van der Waals surface area (Å²) in [5.41, 5.74) is 1.46. The van der Waals surface area contributed by atoms with Crippen LogP contribution in [0.15, 0.2) is 54.6 Å². The van der Waals surface area contributed by atoms with Gasteiger partial charge in [-0.15, -0.1) is 0 Å². The second kappa shape index (κ2) is 8.08. The highest BCUT2D eigenvalue weighted by Gasteiger charge is 2.04. The monoisotopic (exact) mass is 298 g/mol. The van der Waals surface area contributed by atoms with Crippen molar-refractivity contribution in [1.29, 1.82) is 0 Å². The van der Waals surface area contributed by atoms with Crippen molar-refractivity contribution in [3.8, 4) is 5.75 Å². The lowest BCUT2D eigenvalue weighted by atomic mass is 10.1. The molecule has 22 heavy (non-hydrogen) atoms. The van der Waals surface area contributed by atoms with Crippen LogP contribution in [-0.4, -0.2) is 12.6 Å². The van der Waals surface area contributed by atoms with E-state index in [0.717, 1.165) is 17.9 Å². The van der Waals surface area contributed by atoms with E-state index in [2.05, 4.69) is 24.5 Å². The Morgan fingerprint density at radius 1 is 1.00 bits per heavy atom. The van der Waals surface area contributed by atoms with Crippen molar-refractivity contribution in [3.05, 3.63) is 54.6 Å². The second-order valence-electron chi connectivity index (χ2n) is 5.50. The van der Waals surface area contributed by atoms with Gasteiger partial charge in [-0.05, 0) is 36.6 Å². The van der Waals surface area contributed by atoms with Gasteiger partial charge < -0.3 is 15.4 Å². The number of carbonyl (C=O) groups is 1. The summed E-state index contributed by atoms with van der Waals surface area (Å²) in [5.74, 6) is 1.37. The number of amides is 2. The fourth-order valence-electron chi connectivity index (χ4n) is 1.89. The van der Waals surface area contributed by atoms with Crippen LogP contribution in [0.2, 0.25) is 0 Å². The summed E-state index contributed by atoms with van der Waals surface area (Å²) in [4.78, 5) is 11.9. The van der Waals surface area contributed by atoms with Gasteiger partial charge in [0.25, 0.3) is 0 Å². The molecule has 4 nitrogen and oxygen atoms in total. The van der Waals surface area contributed by atoms with Crippen LogP contribution in [0.3, 0.4) is 0 Å². The van der Waals surface area contributed by atoms with Gasteiger partial charge in [-0.1, -0.05) is 38.1 Å². The Balaban J connectivity index is 1.88. The van der Waals surface area contributed by atoms with E-state index in [1.165, 1.54) is 0 Å². The van der Waals surface area contributed by atoms with Crippen molar-refractivity contribution in [2.45, 2.75) is 20.3 Å². The molecule has 0 radical (unpaired) electrons. The fraction of sp³-hybridized carbons (Fsp3) is 0.278. The number of para-hydroxylation sites is 1. The van der Waals surface area contributed by atoms with Gasteiger partial charge in [0, 0.05) is 17.4 Å². The predicted octanol–water partition coefficient (Wildman–Crippen LogP) is 4.76. The maximum atomic E-state index is 11.9. The molecule has 0 aromatic heterocycles. The van der Waals surface area contributed by atoms with E-state index in [9.17, 15) is 4.79 Å². The molecule has 0 aliphatic carbocycles. The van der Waals surface area contributed by atoms with Gasteiger partial charge in [-0.2, -0.15) is 0 Å². The quantitative estimate of drug-likeness (QED) is 0.808. The zero-order chi connectivity index (χ0) is 15.8. The Kier molecular flexibility index (Phi) is 5.83. The van der Waals surface area contributed by atoms with E-state index < -0.39 is 0 Å². The van der Waals surface area contributed by atoms with Crippen molar-refractivity contribution >= 4 is 17.4 Å².